The molecule has 1 N–H and O–H groups in total. The lowest BCUT2D eigenvalue weighted by Crippen LogP contribution is -1.92. The third-order valence-electron chi connectivity index (χ3n) is 2.33. The summed E-state index contributed by atoms with van der Waals surface area (Å²) in [5, 5.41) is 10.6. The first-order chi connectivity index (χ1) is 7.70. The zero-order valence-corrected chi connectivity index (χ0v) is 10.5. The van der Waals surface area contributed by atoms with Crippen molar-refractivity contribution in [3.05, 3.63) is 39.9 Å². The SMILES string of the molecule is Cc1sc(-c2ccc(Cl)cc2)nc1CCO. The van der Waals surface area contributed by atoms with Crippen LogP contribution in [0.4, 0.5) is 0 Å². The first-order valence-electron chi connectivity index (χ1n) is 5.04. The van der Waals surface area contributed by atoms with Gasteiger partial charge in [-0.2, -0.15) is 0 Å². The Morgan fingerprint density at radius 1 is 1.31 bits per heavy atom. The van der Waals surface area contributed by atoms with E-state index in [-0.39, 0.29) is 6.61 Å². The van der Waals surface area contributed by atoms with Crippen molar-refractivity contribution in [1.82, 2.24) is 4.98 Å². The number of rotatable bonds is 3. The van der Waals surface area contributed by atoms with E-state index in [1.165, 1.54) is 4.88 Å². The smallest absolute Gasteiger partial charge is 0.123 e. The lowest BCUT2D eigenvalue weighted by molar-refractivity contribution is 0.298. The summed E-state index contributed by atoms with van der Waals surface area (Å²) < 4.78 is 0. The van der Waals surface area contributed by atoms with E-state index in [9.17, 15) is 0 Å². The molecule has 0 aliphatic carbocycles. The maximum Gasteiger partial charge on any atom is 0.123 e. The fourth-order valence-electron chi connectivity index (χ4n) is 1.48. The van der Waals surface area contributed by atoms with E-state index >= 15 is 0 Å². The fourth-order valence-corrected chi connectivity index (χ4v) is 2.57. The highest BCUT2D eigenvalue weighted by molar-refractivity contribution is 7.15. The lowest BCUT2D eigenvalue weighted by Gasteiger charge is -1.95. The van der Waals surface area contributed by atoms with Crippen molar-refractivity contribution in [3.8, 4) is 10.6 Å². The van der Waals surface area contributed by atoms with E-state index in [4.69, 9.17) is 16.7 Å². The van der Waals surface area contributed by atoms with Crippen LogP contribution in [0.2, 0.25) is 5.02 Å². The molecule has 0 amide bonds. The molecule has 0 bridgehead atoms. The van der Waals surface area contributed by atoms with Crippen LogP contribution in [0.1, 0.15) is 10.6 Å². The third kappa shape index (κ3) is 2.43. The van der Waals surface area contributed by atoms with Crippen LogP contribution in [-0.2, 0) is 6.42 Å². The molecule has 2 rings (SSSR count). The Labute approximate surface area is 104 Å². The minimum absolute atomic E-state index is 0.143. The quantitative estimate of drug-likeness (QED) is 0.911. The average Bonchev–Trinajstić information content (AvgIpc) is 2.62. The molecule has 0 aliphatic heterocycles. The van der Waals surface area contributed by atoms with Crippen LogP contribution in [0.15, 0.2) is 24.3 Å². The van der Waals surface area contributed by atoms with Gasteiger partial charge in [0.1, 0.15) is 5.01 Å². The van der Waals surface area contributed by atoms with Crippen molar-refractivity contribution in [3.63, 3.8) is 0 Å². The number of halogens is 1. The van der Waals surface area contributed by atoms with Gasteiger partial charge in [-0.05, 0) is 19.1 Å². The van der Waals surface area contributed by atoms with Crippen LogP contribution in [-0.4, -0.2) is 16.7 Å². The average molecular weight is 254 g/mol. The van der Waals surface area contributed by atoms with E-state index < -0.39 is 0 Å². The Morgan fingerprint density at radius 2 is 2.00 bits per heavy atom. The van der Waals surface area contributed by atoms with Crippen molar-refractivity contribution < 1.29 is 5.11 Å². The number of benzene rings is 1. The molecular weight excluding hydrogens is 242 g/mol. The number of aryl methyl sites for hydroxylation is 1. The fraction of sp³-hybridized carbons (Fsp3) is 0.250. The van der Waals surface area contributed by atoms with Crippen molar-refractivity contribution in [2.24, 2.45) is 0 Å². The van der Waals surface area contributed by atoms with Crippen LogP contribution in [0.5, 0.6) is 0 Å². The van der Waals surface area contributed by atoms with E-state index in [0.29, 0.717) is 6.42 Å². The molecule has 0 spiro atoms. The molecule has 0 unspecified atom stereocenters. The van der Waals surface area contributed by atoms with Crippen LogP contribution >= 0.6 is 22.9 Å². The molecule has 2 nitrogen and oxygen atoms in total. The summed E-state index contributed by atoms with van der Waals surface area (Å²) in [4.78, 5) is 5.68. The minimum atomic E-state index is 0.143. The summed E-state index contributed by atoms with van der Waals surface area (Å²) in [7, 11) is 0. The second kappa shape index (κ2) is 4.95. The Bertz CT molecular complexity index is 478. The Kier molecular flexibility index (Phi) is 3.59. The second-order valence-electron chi connectivity index (χ2n) is 3.50. The summed E-state index contributed by atoms with van der Waals surface area (Å²) in [6.07, 6.45) is 0.621. The maximum atomic E-state index is 8.91. The zero-order chi connectivity index (χ0) is 11.5. The maximum absolute atomic E-state index is 8.91. The second-order valence-corrected chi connectivity index (χ2v) is 5.14. The van der Waals surface area contributed by atoms with Gasteiger partial charge in [0.15, 0.2) is 0 Å². The van der Waals surface area contributed by atoms with Gasteiger partial charge in [-0.15, -0.1) is 11.3 Å². The Morgan fingerprint density at radius 3 is 2.62 bits per heavy atom. The molecule has 84 valence electrons. The molecule has 4 heteroatoms. The van der Waals surface area contributed by atoms with Crippen molar-refractivity contribution >= 4 is 22.9 Å². The molecule has 1 heterocycles. The molecule has 1 aromatic heterocycles. The summed E-state index contributed by atoms with van der Waals surface area (Å²) in [6, 6.07) is 7.64. The van der Waals surface area contributed by atoms with Crippen molar-refractivity contribution in [2.45, 2.75) is 13.3 Å². The van der Waals surface area contributed by atoms with Crippen LogP contribution < -0.4 is 0 Å². The highest BCUT2D eigenvalue weighted by atomic mass is 35.5. The van der Waals surface area contributed by atoms with Gasteiger partial charge in [0.2, 0.25) is 0 Å². The van der Waals surface area contributed by atoms with Gasteiger partial charge < -0.3 is 5.11 Å². The van der Waals surface area contributed by atoms with Crippen LogP contribution in [0.25, 0.3) is 10.6 Å². The van der Waals surface area contributed by atoms with Crippen molar-refractivity contribution in [1.29, 1.82) is 0 Å². The molecule has 0 radical (unpaired) electrons. The predicted molar refractivity (Wildman–Crippen MR) is 68.1 cm³/mol. The molecule has 0 saturated carbocycles. The summed E-state index contributed by atoms with van der Waals surface area (Å²) >= 11 is 7.48. The number of aromatic nitrogens is 1. The summed E-state index contributed by atoms with van der Waals surface area (Å²) in [5.74, 6) is 0. The highest BCUT2D eigenvalue weighted by Gasteiger charge is 2.08. The van der Waals surface area contributed by atoms with Gasteiger partial charge in [0.25, 0.3) is 0 Å². The number of thiazole rings is 1. The molecule has 0 aliphatic rings. The van der Waals surface area contributed by atoms with Gasteiger partial charge in [-0.1, -0.05) is 23.7 Å². The number of aliphatic hydroxyl groups is 1. The summed E-state index contributed by atoms with van der Waals surface area (Å²) in [6.45, 7) is 2.17. The molecule has 0 saturated heterocycles. The van der Waals surface area contributed by atoms with E-state index in [1.54, 1.807) is 11.3 Å². The predicted octanol–water partition coefficient (Wildman–Crippen LogP) is 3.31. The lowest BCUT2D eigenvalue weighted by atomic mass is 10.2. The minimum Gasteiger partial charge on any atom is -0.396 e. The van der Waals surface area contributed by atoms with Gasteiger partial charge in [0, 0.05) is 28.5 Å². The third-order valence-corrected chi connectivity index (χ3v) is 3.65. The van der Waals surface area contributed by atoms with Gasteiger partial charge >= 0.3 is 0 Å². The molecule has 0 atom stereocenters. The van der Waals surface area contributed by atoms with Crippen LogP contribution in [0.3, 0.4) is 0 Å². The van der Waals surface area contributed by atoms with Gasteiger partial charge in [-0.25, -0.2) is 4.98 Å². The van der Waals surface area contributed by atoms with Gasteiger partial charge in [-0.3, -0.25) is 0 Å². The molecule has 16 heavy (non-hydrogen) atoms. The molecular formula is C12H12ClNOS. The first-order valence-corrected chi connectivity index (χ1v) is 6.23. The Balaban J connectivity index is 2.33. The van der Waals surface area contributed by atoms with E-state index in [1.807, 2.05) is 31.2 Å². The molecule has 0 fully saturated rings. The normalized spacial score (nSPS) is 10.7. The standard InChI is InChI=1S/C12H12ClNOS/c1-8-11(6-7-15)14-12(16-8)9-2-4-10(13)5-3-9/h2-5,15H,6-7H2,1H3. The number of hydrogen-bond acceptors (Lipinski definition) is 3. The number of nitrogens with zero attached hydrogens (tertiary/aromatic N) is 1. The topological polar surface area (TPSA) is 33.1 Å². The van der Waals surface area contributed by atoms with Crippen LogP contribution in [0, 0.1) is 6.92 Å². The van der Waals surface area contributed by atoms with E-state index in [0.717, 1.165) is 21.3 Å². The van der Waals surface area contributed by atoms with E-state index in [2.05, 4.69) is 4.98 Å². The first kappa shape index (κ1) is 11.6. The number of aliphatic hydroxyl groups excluding tert-OH is 1. The molecule has 1 aromatic carbocycles. The monoisotopic (exact) mass is 253 g/mol. The zero-order valence-electron chi connectivity index (χ0n) is 8.90. The summed E-state index contributed by atoms with van der Waals surface area (Å²) in [5.41, 5.74) is 2.05. The Hall–Kier alpha value is -0.900. The highest BCUT2D eigenvalue weighted by Crippen LogP contribution is 2.28. The van der Waals surface area contributed by atoms with Gasteiger partial charge in [0.05, 0.1) is 5.69 Å². The van der Waals surface area contributed by atoms with Crippen molar-refractivity contribution in [2.75, 3.05) is 6.61 Å². The number of hydrogen-bond donors (Lipinski definition) is 1. The molecule has 2 aromatic rings. The largest absolute Gasteiger partial charge is 0.396 e.